The van der Waals surface area contributed by atoms with Gasteiger partial charge in [0.15, 0.2) is 0 Å². The third-order valence-corrected chi connectivity index (χ3v) is 5.53. The van der Waals surface area contributed by atoms with E-state index in [4.69, 9.17) is 0 Å². The highest BCUT2D eigenvalue weighted by molar-refractivity contribution is 7.91. The molecule has 0 saturated heterocycles. The van der Waals surface area contributed by atoms with Crippen molar-refractivity contribution < 1.29 is 22.0 Å². The van der Waals surface area contributed by atoms with Gasteiger partial charge in [-0.05, 0) is 47.5 Å². The van der Waals surface area contributed by atoms with Gasteiger partial charge in [-0.15, -0.1) is 0 Å². The number of benzene rings is 2. The Bertz CT molecular complexity index is 1000. The van der Waals surface area contributed by atoms with E-state index >= 15 is 0 Å². The Morgan fingerprint density at radius 1 is 0.857 bits per heavy atom. The summed E-state index contributed by atoms with van der Waals surface area (Å²) in [6.45, 7) is 0. The second-order valence-corrected chi connectivity index (χ2v) is 7.85. The van der Waals surface area contributed by atoms with Crippen LogP contribution in [0.2, 0.25) is 0 Å². The molecule has 1 aromatic heterocycles. The van der Waals surface area contributed by atoms with E-state index in [9.17, 15) is 22.0 Å². The molecule has 1 atom stereocenters. The Labute approximate surface area is 161 Å². The average Bonchev–Trinajstić information content (AvgIpc) is 2.73. The molecule has 144 valence electrons. The molecule has 3 rings (SSSR count). The third-order valence-electron chi connectivity index (χ3n) is 4.13. The zero-order valence-electron chi connectivity index (χ0n) is 14.5. The minimum atomic E-state index is -4.70. The van der Waals surface area contributed by atoms with Crippen LogP contribution in [0.15, 0.2) is 84.0 Å². The molecule has 0 aliphatic heterocycles. The molecule has 2 aromatic carbocycles. The first-order valence-corrected chi connectivity index (χ1v) is 9.82. The molecule has 28 heavy (non-hydrogen) atoms. The first-order chi connectivity index (χ1) is 13.4. The molecular formula is C20H16F2N2O3S. The van der Waals surface area contributed by atoms with Crippen LogP contribution < -0.4 is 5.32 Å². The maximum atomic E-state index is 12.7. The van der Waals surface area contributed by atoms with Crippen molar-refractivity contribution in [2.45, 2.75) is 16.7 Å². The molecule has 0 radical (unpaired) electrons. The number of nitrogens with one attached hydrogen (secondary N) is 1. The molecule has 1 unspecified atom stereocenters. The quantitative estimate of drug-likeness (QED) is 0.684. The fourth-order valence-electron chi connectivity index (χ4n) is 2.67. The van der Waals surface area contributed by atoms with E-state index in [0.717, 1.165) is 23.3 Å². The van der Waals surface area contributed by atoms with Gasteiger partial charge in [-0.1, -0.05) is 30.3 Å². The van der Waals surface area contributed by atoms with Gasteiger partial charge in [-0.2, -0.15) is 8.78 Å². The van der Waals surface area contributed by atoms with Crippen molar-refractivity contribution in [3.05, 3.63) is 95.8 Å². The van der Waals surface area contributed by atoms with E-state index in [-0.39, 0.29) is 5.56 Å². The molecule has 0 bridgehead atoms. The summed E-state index contributed by atoms with van der Waals surface area (Å²) in [6, 6.07) is 16.8. The minimum Gasteiger partial charge on any atom is -0.341 e. The summed E-state index contributed by atoms with van der Waals surface area (Å²) in [6.07, 6.45) is 3.23. The Balaban J connectivity index is 1.87. The van der Waals surface area contributed by atoms with E-state index < -0.39 is 32.4 Å². The van der Waals surface area contributed by atoms with Crippen LogP contribution >= 0.6 is 0 Å². The molecule has 0 saturated carbocycles. The second-order valence-electron chi connectivity index (χ2n) is 5.93. The monoisotopic (exact) mass is 402 g/mol. The maximum absolute atomic E-state index is 12.7. The smallest absolute Gasteiger partial charge is 0.341 e. The second kappa shape index (κ2) is 8.26. The minimum absolute atomic E-state index is 0.156. The standard InChI is InChI=1S/C20H16F2N2O3S/c21-20(22)28(26,27)17-8-6-16(7-9-17)19(25)24-18(14-4-2-1-3-5-14)15-10-12-23-13-11-15/h1-13,18,20H,(H,24,25). The van der Waals surface area contributed by atoms with Gasteiger partial charge in [0.05, 0.1) is 10.9 Å². The topological polar surface area (TPSA) is 76.1 Å². The Morgan fingerprint density at radius 3 is 2.00 bits per heavy atom. The number of amides is 1. The lowest BCUT2D eigenvalue weighted by Gasteiger charge is -2.20. The SMILES string of the molecule is O=C(NC(c1ccccc1)c1ccncc1)c1ccc(S(=O)(=O)C(F)F)cc1. The van der Waals surface area contributed by atoms with Crippen LogP contribution in [0.5, 0.6) is 0 Å². The zero-order valence-corrected chi connectivity index (χ0v) is 15.3. The van der Waals surface area contributed by atoms with Gasteiger partial charge in [0.2, 0.25) is 9.84 Å². The number of rotatable bonds is 6. The molecule has 1 N–H and O–H groups in total. The van der Waals surface area contributed by atoms with Gasteiger partial charge in [0, 0.05) is 18.0 Å². The molecule has 1 heterocycles. The average molecular weight is 402 g/mol. The molecule has 0 aliphatic carbocycles. The van der Waals surface area contributed by atoms with Gasteiger partial charge in [-0.3, -0.25) is 9.78 Å². The van der Waals surface area contributed by atoms with Crippen molar-refractivity contribution in [2.75, 3.05) is 0 Å². The van der Waals surface area contributed by atoms with Gasteiger partial charge < -0.3 is 5.32 Å². The Hall–Kier alpha value is -3.13. The first kappa shape index (κ1) is 19.6. The zero-order chi connectivity index (χ0) is 20.1. The van der Waals surface area contributed by atoms with Crippen molar-refractivity contribution in [1.29, 1.82) is 0 Å². The molecule has 3 aromatic rings. The number of carbonyl (C=O) groups excluding carboxylic acids is 1. The van der Waals surface area contributed by atoms with Crippen molar-refractivity contribution in [2.24, 2.45) is 0 Å². The molecule has 8 heteroatoms. The van der Waals surface area contributed by atoms with Crippen LogP contribution in [0.3, 0.4) is 0 Å². The Kier molecular flexibility index (Phi) is 5.79. The van der Waals surface area contributed by atoms with Gasteiger partial charge in [0.25, 0.3) is 5.91 Å². The highest BCUT2D eigenvalue weighted by Crippen LogP contribution is 2.23. The summed E-state index contributed by atoms with van der Waals surface area (Å²) in [5.41, 5.74) is 1.81. The lowest BCUT2D eigenvalue weighted by molar-refractivity contribution is 0.0943. The molecular weight excluding hydrogens is 386 g/mol. The third kappa shape index (κ3) is 4.23. The Morgan fingerprint density at radius 2 is 1.43 bits per heavy atom. The van der Waals surface area contributed by atoms with E-state index in [1.54, 1.807) is 24.5 Å². The lowest BCUT2D eigenvalue weighted by Crippen LogP contribution is -2.29. The maximum Gasteiger partial charge on any atom is 0.341 e. The summed E-state index contributed by atoms with van der Waals surface area (Å²) in [5.74, 6) is -3.98. The van der Waals surface area contributed by atoms with Crippen molar-refractivity contribution in [1.82, 2.24) is 10.3 Å². The number of carbonyl (C=O) groups is 1. The predicted octanol–water partition coefficient (Wildman–Crippen LogP) is 3.60. The van der Waals surface area contributed by atoms with Gasteiger partial charge >= 0.3 is 5.76 Å². The number of aromatic nitrogens is 1. The largest absolute Gasteiger partial charge is 0.341 e. The summed E-state index contributed by atoms with van der Waals surface area (Å²) in [4.78, 5) is 16.1. The van der Waals surface area contributed by atoms with Crippen LogP contribution in [-0.4, -0.2) is 25.1 Å². The fourth-order valence-corrected chi connectivity index (χ4v) is 3.39. The first-order valence-electron chi connectivity index (χ1n) is 8.27. The van der Waals surface area contributed by atoms with Crippen LogP contribution in [0.25, 0.3) is 0 Å². The van der Waals surface area contributed by atoms with Gasteiger partial charge in [-0.25, -0.2) is 8.42 Å². The van der Waals surface area contributed by atoms with Crippen LogP contribution in [0, 0.1) is 0 Å². The summed E-state index contributed by atoms with van der Waals surface area (Å²) >= 11 is 0. The molecule has 0 fully saturated rings. The number of sulfone groups is 1. The highest BCUT2D eigenvalue weighted by Gasteiger charge is 2.26. The highest BCUT2D eigenvalue weighted by atomic mass is 32.2. The number of hydrogen-bond acceptors (Lipinski definition) is 4. The predicted molar refractivity (Wildman–Crippen MR) is 99.6 cm³/mol. The lowest BCUT2D eigenvalue weighted by atomic mass is 9.99. The van der Waals surface area contributed by atoms with E-state index in [2.05, 4.69) is 10.3 Å². The number of halogens is 2. The molecule has 0 spiro atoms. The molecule has 0 aliphatic rings. The number of nitrogens with zero attached hydrogens (tertiary/aromatic N) is 1. The van der Waals surface area contributed by atoms with E-state index in [1.807, 2.05) is 30.3 Å². The van der Waals surface area contributed by atoms with Crippen molar-refractivity contribution in [3.8, 4) is 0 Å². The van der Waals surface area contributed by atoms with Crippen LogP contribution in [0.4, 0.5) is 8.78 Å². The van der Waals surface area contributed by atoms with Crippen molar-refractivity contribution in [3.63, 3.8) is 0 Å². The van der Waals surface area contributed by atoms with Crippen LogP contribution in [0.1, 0.15) is 27.5 Å². The fraction of sp³-hybridized carbons (Fsp3) is 0.100. The summed E-state index contributed by atoms with van der Waals surface area (Å²) in [5, 5.41) is 2.88. The van der Waals surface area contributed by atoms with Gasteiger partial charge in [0.1, 0.15) is 0 Å². The number of pyridine rings is 1. The van der Waals surface area contributed by atoms with E-state index in [0.29, 0.717) is 0 Å². The molecule has 1 amide bonds. The molecule has 5 nitrogen and oxygen atoms in total. The normalized spacial score (nSPS) is 12.5. The van der Waals surface area contributed by atoms with E-state index in [1.165, 1.54) is 12.1 Å². The van der Waals surface area contributed by atoms with Crippen molar-refractivity contribution >= 4 is 15.7 Å². The number of hydrogen-bond donors (Lipinski definition) is 1. The number of alkyl halides is 2. The summed E-state index contributed by atoms with van der Waals surface area (Å²) in [7, 11) is -4.70. The summed E-state index contributed by atoms with van der Waals surface area (Å²) < 4.78 is 48.3. The van der Waals surface area contributed by atoms with Crippen LogP contribution in [-0.2, 0) is 9.84 Å².